The lowest BCUT2D eigenvalue weighted by Gasteiger charge is -2.48. The Bertz CT molecular complexity index is 1050. The molecule has 4 rings (SSSR count). The summed E-state index contributed by atoms with van der Waals surface area (Å²) in [4.78, 5) is 2.31. The van der Waals surface area contributed by atoms with E-state index in [-0.39, 0.29) is 11.1 Å². The highest BCUT2D eigenvalue weighted by atomic mass is 32.1. The minimum Gasteiger partial charge on any atom is -0.496 e. The van der Waals surface area contributed by atoms with Crippen LogP contribution in [0.25, 0.3) is 16.1 Å². The lowest BCUT2D eigenvalue weighted by atomic mass is 9.79. The lowest BCUT2D eigenvalue weighted by Crippen LogP contribution is -2.61. The number of nitrogens with zero attached hydrogens (tertiary/aromatic N) is 3. The van der Waals surface area contributed by atoms with Crippen LogP contribution < -0.4 is 15.0 Å². The molecule has 32 heavy (non-hydrogen) atoms. The van der Waals surface area contributed by atoms with E-state index in [0.717, 1.165) is 46.3 Å². The second-order valence-corrected chi connectivity index (χ2v) is 11.0. The van der Waals surface area contributed by atoms with Gasteiger partial charge in [-0.2, -0.15) is 0 Å². The van der Waals surface area contributed by atoms with E-state index in [9.17, 15) is 0 Å². The summed E-state index contributed by atoms with van der Waals surface area (Å²) in [7, 11) is 3.86. The fraction of sp³-hybridized carbons (Fsp3) is 0.462. The summed E-state index contributed by atoms with van der Waals surface area (Å²) in [5.41, 5.74) is 3.47. The molecule has 170 valence electrons. The summed E-state index contributed by atoms with van der Waals surface area (Å²) in [6.07, 6.45) is 13.8. The van der Waals surface area contributed by atoms with E-state index in [4.69, 9.17) is 4.74 Å². The molecule has 1 fully saturated rings. The monoisotopic (exact) mass is 450 g/mol. The first-order chi connectivity index (χ1) is 15.2. The van der Waals surface area contributed by atoms with E-state index >= 15 is 0 Å². The third-order valence-corrected chi connectivity index (χ3v) is 7.23. The van der Waals surface area contributed by atoms with Crippen molar-refractivity contribution in [2.75, 3.05) is 19.1 Å². The highest BCUT2D eigenvalue weighted by molar-refractivity contribution is 7.18. The van der Waals surface area contributed by atoms with Gasteiger partial charge >= 0.3 is 0 Å². The van der Waals surface area contributed by atoms with Crippen molar-refractivity contribution in [3.8, 4) is 16.3 Å². The quantitative estimate of drug-likeness (QED) is 0.618. The molecule has 1 aliphatic heterocycles. The minimum atomic E-state index is 0.0869. The summed E-state index contributed by atoms with van der Waals surface area (Å²) < 4.78 is 5.75. The average molecular weight is 451 g/mol. The van der Waals surface area contributed by atoms with Crippen molar-refractivity contribution in [1.82, 2.24) is 15.5 Å². The van der Waals surface area contributed by atoms with Gasteiger partial charge in [-0.1, -0.05) is 47.8 Å². The van der Waals surface area contributed by atoms with Crippen LogP contribution in [0.15, 0.2) is 48.6 Å². The zero-order chi connectivity index (χ0) is 22.9. The number of allylic oxidation sites excluding steroid dienone is 6. The van der Waals surface area contributed by atoms with Crippen molar-refractivity contribution in [3.05, 3.63) is 54.1 Å². The Hall–Kier alpha value is -2.44. The fourth-order valence-electron chi connectivity index (χ4n) is 4.98. The van der Waals surface area contributed by atoms with Crippen LogP contribution in [0.5, 0.6) is 5.75 Å². The summed E-state index contributed by atoms with van der Waals surface area (Å²) >= 11 is 1.63. The average Bonchev–Trinajstić information content (AvgIpc) is 3.05. The zero-order valence-electron chi connectivity index (χ0n) is 20.0. The molecule has 2 aliphatic rings. The smallest absolute Gasteiger partial charge is 0.208 e. The SMILES string of the molecule is COc1cc(C2=CC=CCC=C2)ccc1-c1nnc(N(C)C2CC(C)(C)NC(C)(C)C2)s1. The van der Waals surface area contributed by atoms with Crippen LogP contribution in [-0.4, -0.2) is 41.5 Å². The summed E-state index contributed by atoms with van der Waals surface area (Å²) in [6, 6.07) is 6.73. The van der Waals surface area contributed by atoms with Crippen molar-refractivity contribution in [2.45, 2.75) is 64.1 Å². The van der Waals surface area contributed by atoms with E-state index in [0.29, 0.717) is 6.04 Å². The van der Waals surface area contributed by atoms with E-state index in [2.05, 4.69) is 104 Å². The summed E-state index contributed by atoms with van der Waals surface area (Å²) in [5.74, 6) is 0.819. The highest BCUT2D eigenvalue weighted by Gasteiger charge is 2.39. The third-order valence-electron chi connectivity index (χ3n) is 6.18. The maximum Gasteiger partial charge on any atom is 0.208 e. The van der Waals surface area contributed by atoms with Crippen molar-refractivity contribution in [1.29, 1.82) is 0 Å². The van der Waals surface area contributed by atoms with Gasteiger partial charge in [-0.25, -0.2) is 0 Å². The van der Waals surface area contributed by atoms with Crippen LogP contribution in [0.2, 0.25) is 0 Å². The first kappa shape index (κ1) is 22.7. The molecular weight excluding hydrogens is 416 g/mol. The second-order valence-electron chi connectivity index (χ2n) is 10.1. The molecule has 0 amide bonds. The minimum absolute atomic E-state index is 0.0869. The molecule has 6 heteroatoms. The Balaban J connectivity index is 1.59. The molecule has 0 radical (unpaired) electrons. The molecule has 0 saturated carbocycles. The van der Waals surface area contributed by atoms with Crippen molar-refractivity contribution >= 4 is 22.0 Å². The van der Waals surface area contributed by atoms with Gasteiger partial charge in [0, 0.05) is 24.2 Å². The molecule has 1 saturated heterocycles. The Kier molecular flexibility index (Phi) is 6.28. The lowest BCUT2D eigenvalue weighted by molar-refractivity contribution is 0.161. The van der Waals surface area contributed by atoms with Gasteiger partial charge in [0.1, 0.15) is 5.75 Å². The maximum atomic E-state index is 5.75. The molecular formula is C26H34N4OS. The Morgan fingerprint density at radius 3 is 2.56 bits per heavy atom. The topological polar surface area (TPSA) is 50.3 Å². The maximum absolute atomic E-state index is 5.75. The van der Waals surface area contributed by atoms with Crippen LogP contribution >= 0.6 is 11.3 Å². The molecule has 1 aliphatic carbocycles. The molecule has 1 N–H and O–H groups in total. The first-order valence-electron chi connectivity index (χ1n) is 11.3. The zero-order valence-corrected chi connectivity index (χ0v) is 20.8. The fourth-order valence-corrected chi connectivity index (χ4v) is 5.89. The predicted molar refractivity (Wildman–Crippen MR) is 135 cm³/mol. The Morgan fingerprint density at radius 2 is 1.84 bits per heavy atom. The molecule has 2 heterocycles. The van der Waals surface area contributed by atoms with Crippen LogP contribution in [-0.2, 0) is 0 Å². The van der Waals surface area contributed by atoms with Gasteiger partial charge in [0.05, 0.1) is 12.7 Å². The predicted octanol–water partition coefficient (Wildman–Crippen LogP) is 5.86. The molecule has 1 aromatic heterocycles. The van der Waals surface area contributed by atoms with Gasteiger partial charge in [0.25, 0.3) is 0 Å². The first-order valence-corrected chi connectivity index (χ1v) is 12.1. The van der Waals surface area contributed by atoms with E-state index in [1.807, 2.05) is 0 Å². The van der Waals surface area contributed by atoms with E-state index in [1.165, 1.54) is 5.57 Å². The number of aromatic nitrogens is 2. The van der Waals surface area contributed by atoms with Gasteiger partial charge < -0.3 is 15.0 Å². The molecule has 2 aromatic rings. The number of benzene rings is 1. The molecule has 1 aromatic carbocycles. The Labute approximate surface area is 195 Å². The number of piperidine rings is 1. The second kappa shape index (κ2) is 8.83. The number of hydrogen-bond donors (Lipinski definition) is 1. The Morgan fingerprint density at radius 1 is 1.09 bits per heavy atom. The number of rotatable bonds is 5. The van der Waals surface area contributed by atoms with Crippen molar-refractivity contribution in [3.63, 3.8) is 0 Å². The molecule has 5 nitrogen and oxygen atoms in total. The van der Waals surface area contributed by atoms with Gasteiger partial charge in [0.15, 0.2) is 5.01 Å². The van der Waals surface area contributed by atoms with Gasteiger partial charge in [-0.3, -0.25) is 0 Å². The molecule has 0 unspecified atom stereocenters. The van der Waals surface area contributed by atoms with E-state index < -0.39 is 0 Å². The van der Waals surface area contributed by atoms with Crippen molar-refractivity contribution in [2.24, 2.45) is 0 Å². The summed E-state index contributed by atoms with van der Waals surface area (Å²) in [6.45, 7) is 9.12. The van der Waals surface area contributed by atoms with Crippen LogP contribution in [0.4, 0.5) is 5.13 Å². The molecule has 0 bridgehead atoms. The number of ether oxygens (including phenoxy) is 1. The summed E-state index contributed by atoms with van der Waals surface area (Å²) in [5, 5.41) is 14.7. The number of methoxy groups -OCH3 is 1. The number of nitrogens with one attached hydrogen (secondary N) is 1. The van der Waals surface area contributed by atoms with Gasteiger partial charge in [-0.15, -0.1) is 10.2 Å². The van der Waals surface area contributed by atoms with Gasteiger partial charge in [-0.05, 0) is 70.2 Å². The third kappa shape index (κ3) is 4.97. The number of anilines is 1. The number of hydrogen-bond acceptors (Lipinski definition) is 6. The van der Waals surface area contributed by atoms with Crippen molar-refractivity contribution < 1.29 is 4.74 Å². The van der Waals surface area contributed by atoms with Crippen LogP contribution in [0.3, 0.4) is 0 Å². The van der Waals surface area contributed by atoms with Gasteiger partial charge in [0.2, 0.25) is 5.13 Å². The highest BCUT2D eigenvalue weighted by Crippen LogP contribution is 2.39. The van der Waals surface area contributed by atoms with Crippen LogP contribution in [0, 0.1) is 0 Å². The van der Waals surface area contributed by atoms with Crippen LogP contribution in [0.1, 0.15) is 52.5 Å². The standard InChI is InChI=1S/C26H34N4OS/c1-25(2)16-20(17-26(3,4)29-25)30(5)24-28-27-23(32-24)21-14-13-19(15-22(21)31-6)18-11-9-7-8-10-12-18/h7,9-15,20,29H,8,16-17H2,1-6H3. The molecule has 0 spiro atoms. The van der Waals surface area contributed by atoms with E-state index in [1.54, 1.807) is 18.4 Å². The normalized spacial score (nSPS) is 20.0. The molecule has 0 atom stereocenters. The largest absolute Gasteiger partial charge is 0.496 e.